The summed E-state index contributed by atoms with van der Waals surface area (Å²) in [6, 6.07) is 3.38. The minimum atomic E-state index is -0.675. The molecule has 0 saturated carbocycles. The van der Waals surface area contributed by atoms with E-state index in [9.17, 15) is 18.4 Å². The van der Waals surface area contributed by atoms with Crippen molar-refractivity contribution < 1.29 is 13.6 Å². The number of fused-ring (bicyclic) bond motifs is 3. The first-order valence-electron chi connectivity index (χ1n) is 11.2. The first-order chi connectivity index (χ1) is 15.8. The monoisotopic (exact) mass is 474 g/mol. The molecule has 0 radical (unpaired) electrons. The highest BCUT2D eigenvalue weighted by molar-refractivity contribution is 7.18. The van der Waals surface area contributed by atoms with Gasteiger partial charge in [0.1, 0.15) is 16.5 Å². The van der Waals surface area contributed by atoms with Crippen molar-refractivity contribution in [1.82, 2.24) is 19.4 Å². The molecule has 1 aliphatic carbocycles. The standard InChI is InChI=1S/C24H28F2N4O2S/c1-28(2)11-12-29(14-16-7-8-17(25)13-19(16)26)21(31)9-10-30-15-27-23-22(24(30)32)18-5-3-4-6-20(18)33-23/h7-8,13,15H,3-6,9-12,14H2,1-2H3. The summed E-state index contributed by atoms with van der Waals surface area (Å²) < 4.78 is 29.0. The number of likely N-dealkylation sites (N-methyl/N-ethyl adjacent to an activating group) is 1. The van der Waals surface area contributed by atoms with E-state index < -0.39 is 11.6 Å². The molecule has 0 fully saturated rings. The third kappa shape index (κ3) is 5.30. The first-order valence-corrected chi connectivity index (χ1v) is 12.0. The van der Waals surface area contributed by atoms with Crippen molar-refractivity contribution in [2.75, 3.05) is 27.2 Å². The molecule has 0 unspecified atom stereocenters. The Kier molecular flexibility index (Phi) is 7.19. The average molecular weight is 475 g/mol. The maximum absolute atomic E-state index is 14.2. The number of carbonyl (C=O) groups is 1. The lowest BCUT2D eigenvalue weighted by Crippen LogP contribution is -2.37. The Morgan fingerprint density at radius 2 is 1.97 bits per heavy atom. The largest absolute Gasteiger partial charge is 0.337 e. The Morgan fingerprint density at radius 3 is 2.73 bits per heavy atom. The van der Waals surface area contributed by atoms with E-state index in [0.29, 0.717) is 18.5 Å². The van der Waals surface area contributed by atoms with E-state index in [1.165, 1.54) is 27.9 Å². The molecule has 0 saturated heterocycles. The lowest BCUT2D eigenvalue weighted by atomic mass is 9.97. The van der Waals surface area contributed by atoms with Crippen molar-refractivity contribution >= 4 is 27.5 Å². The van der Waals surface area contributed by atoms with E-state index in [4.69, 9.17) is 0 Å². The lowest BCUT2D eigenvalue weighted by Gasteiger charge is -2.25. The number of halogens is 2. The van der Waals surface area contributed by atoms with Crippen LogP contribution in [-0.4, -0.2) is 52.4 Å². The van der Waals surface area contributed by atoms with Gasteiger partial charge in [0, 0.05) is 49.1 Å². The Balaban J connectivity index is 1.51. The van der Waals surface area contributed by atoms with Crippen molar-refractivity contribution in [3.8, 4) is 0 Å². The van der Waals surface area contributed by atoms with E-state index in [0.717, 1.165) is 42.1 Å². The number of rotatable bonds is 8. The van der Waals surface area contributed by atoms with Crippen LogP contribution >= 0.6 is 11.3 Å². The van der Waals surface area contributed by atoms with Gasteiger partial charge in [-0.25, -0.2) is 13.8 Å². The lowest BCUT2D eigenvalue weighted by molar-refractivity contribution is -0.132. The van der Waals surface area contributed by atoms with Gasteiger partial charge in [-0.1, -0.05) is 6.07 Å². The van der Waals surface area contributed by atoms with Crippen LogP contribution in [0, 0.1) is 11.6 Å². The molecule has 1 aromatic carbocycles. The van der Waals surface area contributed by atoms with Crippen LogP contribution < -0.4 is 5.56 Å². The highest BCUT2D eigenvalue weighted by Gasteiger charge is 2.21. The average Bonchev–Trinajstić information content (AvgIpc) is 3.16. The zero-order chi connectivity index (χ0) is 23.5. The fraction of sp³-hybridized carbons (Fsp3) is 0.458. The van der Waals surface area contributed by atoms with Gasteiger partial charge in [0.15, 0.2) is 0 Å². The van der Waals surface area contributed by atoms with Gasteiger partial charge in [-0.3, -0.25) is 14.2 Å². The first kappa shape index (κ1) is 23.5. The molecular formula is C24H28F2N4O2S. The Labute approximate surface area is 195 Å². The van der Waals surface area contributed by atoms with Crippen molar-refractivity contribution in [2.45, 2.75) is 45.2 Å². The maximum atomic E-state index is 14.2. The summed E-state index contributed by atoms with van der Waals surface area (Å²) in [6.45, 7) is 1.24. The molecule has 0 bridgehead atoms. The summed E-state index contributed by atoms with van der Waals surface area (Å²) in [4.78, 5) is 36.2. The normalized spacial score (nSPS) is 13.5. The summed E-state index contributed by atoms with van der Waals surface area (Å²) in [5, 5.41) is 0.697. The number of benzene rings is 1. The fourth-order valence-electron chi connectivity index (χ4n) is 4.18. The van der Waals surface area contributed by atoms with Crippen LogP contribution in [0.25, 0.3) is 10.2 Å². The summed E-state index contributed by atoms with van der Waals surface area (Å²) >= 11 is 1.60. The molecule has 3 aromatic rings. The zero-order valence-electron chi connectivity index (χ0n) is 18.9. The molecule has 33 heavy (non-hydrogen) atoms. The Morgan fingerprint density at radius 1 is 1.18 bits per heavy atom. The maximum Gasteiger partial charge on any atom is 0.262 e. The number of aromatic nitrogens is 2. The number of hydrogen-bond donors (Lipinski definition) is 0. The highest BCUT2D eigenvalue weighted by atomic mass is 32.1. The topological polar surface area (TPSA) is 58.4 Å². The van der Waals surface area contributed by atoms with Crippen LogP contribution in [0.4, 0.5) is 8.78 Å². The number of thiophene rings is 1. The number of amides is 1. The smallest absolute Gasteiger partial charge is 0.262 e. The van der Waals surface area contributed by atoms with Gasteiger partial charge in [0.25, 0.3) is 5.56 Å². The molecule has 2 aromatic heterocycles. The van der Waals surface area contributed by atoms with Gasteiger partial charge in [-0.2, -0.15) is 0 Å². The van der Waals surface area contributed by atoms with Crippen LogP contribution in [0.3, 0.4) is 0 Å². The molecule has 2 heterocycles. The minimum absolute atomic E-state index is 0.0447. The van der Waals surface area contributed by atoms with Crippen molar-refractivity contribution in [1.29, 1.82) is 0 Å². The van der Waals surface area contributed by atoms with Crippen molar-refractivity contribution in [2.24, 2.45) is 0 Å². The predicted octanol–water partition coefficient (Wildman–Crippen LogP) is 3.60. The van der Waals surface area contributed by atoms with Crippen LogP contribution in [0.5, 0.6) is 0 Å². The van der Waals surface area contributed by atoms with Gasteiger partial charge >= 0.3 is 0 Å². The molecule has 1 aliphatic rings. The van der Waals surface area contributed by atoms with E-state index in [1.807, 2.05) is 19.0 Å². The van der Waals surface area contributed by atoms with E-state index in [1.54, 1.807) is 16.2 Å². The van der Waals surface area contributed by atoms with Crippen LogP contribution in [0.1, 0.15) is 35.3 Å². The van der Waals surface area contributed by atoms with Crippen LogP contribution in [0.15, 0.2) is 29.3 Å². The molecule has 0 N–H and O–H groups in total. The SMILES string of the molecule is CN(C)CCN(Cc1ccc(F)cc1F)C(=O)CCn1cnc2sc3c(c2c1=O)CCCC3. The molecule has 6 nitrogen and oxygen atoms in total. The zero-order valence-corrected chi connectivity index (χ0v) is 19.8. The Hall–Kier alpha value is -2.65. The van der Waals surface area contributed by atoms with E-state index in [2.05, 4.69) is 4.98 Å². The second-order valence-corrected chi connectivity index (χ2v) is 9.82. The second kappa shape index (κ2) is 10.1. The molecule has 1 amide bonds. The molecule has 0 spiro atoms. The van der Waals surface area contributed by atoms with Gasteiger partial charge in [-0.15, -0.1) is 11.3 Å². The molecule has 4 rings (SSSR count). The number of hydrogen-bond acceptors (Lipinski definition) is 5. The number of aryl methyl sites for hydroxylation is 3. The van der Waals surface area contributed by atoms with Crippen LogP contribution in [0.2, 0.25) is 0 Å². The quantitative estimate of drug-likeness (QED) is 0.501. The van der Waals surface area contributed by atoms with Gasteiger partial charge < -0.3 is 9.80 Å². The van der Waals surface area contributed by atoms with Crippen molar-refractivity contribution in [3.63, 3.8) is 0 Å². The number of nitrogens with zero attached hydrogens (tertiary/aromatic N) is 4. The highest BCUT2D eigenvalue weighted by Crippen LogP contribution is 2.33. The molecule has 0 aliphatic heterocycles. The van der Waals surface area contributed by atoms with E-state index in [-0.39, 0.29) is 36.5 Å². The third-order valence-electron chi connectivity index (χ3n) is 6.05. The predicted molar refractivity (Wildman–Crippen MR) is 125 cm³/mol. The molecular weight excluding hydrogens is 446 g/mol. The molecule has 176 valence electrons. The van der Waals surface area contributed by atoms with Gasteiger partial charge in [0.2, 0.25) is 5.91 Å². The molecule has 9 heteroatoms. The summed E-state index contributed by atoms with van der Waals surface area (Å²) in [7, 11) is 3.78. The van der Waals surface area contributed by atoms with E-state index >= 15 is 0 Å². The number of carbonyl (C=O) groups excluding carboxylic acids is 1. The summed E-state index contributed by atoms with van der Waals surface area (Å²) in [6.07, 6.45) is 5.72. The van der Waals surface area contributed by atoms with Crippen LogP contribution in [-0.2, 0) is 30.7 Å². The fourth-order valence-corrected chi connectivity index (χ4v) is 5.40. The van der Waals surface area contributed by atoms with Gasteiger partial charge in [0.05, 0.1) is 11.7 Å². The third-order valence-corrected chi connectivity index (χ3v) is 7.25. The second-order valence-electron chi connectivity index (χ2n) is 8.74. The summed E-state index contributed by atoms with van der Waals surface area (Å²) in [5.74, 6) is -1.52. The minimum Gasteiger partial charge on any atom is -0.337 e. The summed E-state index contributed by atoms with van der Waals surface area (Å²) in [5.41, 5.74) is 1.28. The van der Waals surface area contributed by atoms with Gasteiger partial charge in [-0.05, 0) is 51.4 Å². The molecule has 0 atom stereocenters. The Bertz CT molecular complexity index is 1220. The van der Waals surface area contributed by atoms with Crippen molar-refractivity contribution in [3.05, 3.63) is 62.5 Å².